The molecule has 1 aliphatic heterocycles. The van der Waals surface area contributed by atoms with E-state index in [1.807, 2.05) is 25.8 Å². The highest BCUT2D eigenvalue weighted by Gasteiger charge is 2.32. The van der Waals surface area contributed by atoms with Crippen LogP contribution < -0.4 is 10.0 Å². The lowest BCUT2D eigenvalue weighted by Crippen LogP contribution is -2.48. The molecule has 1 atom stereocenters. The third-order valence-electron chi connectivity index (χ3n) is 5.65. The number of carbonyl (C=O) groups is 1. The molecule has 1 saturated heterocycles. The maximum Gasteiger partial charge on any atom is 0.333 e. The fourth-order valence-electron chi connectivity index (χ4n) is 3.83. The lowest BCUT2D eigenvalue weighted by atomic mass is 9.94. The number of carbonyl (C=O) groups excluding carboxylic acids is 1. The Bertz CT molecular complexity index is 1200. The first-order valence-corrected chi connectivity index (χ1v) is 11.9. The number of benzene rings is 1. The smallest absolute Gasteiger partial charge is 0.333 e. The van der Waals surface area contributed by atoms with E-state index in [2.05, 4.69) is 19.9 Å². The third kappa shape index (κ3) is 5.65. The van der Waals surface area contributed by atoms with Crippen LogP contribution in [-0.2, 0) is 10.2 Å². The van der Waals surface area contributed by atoms with Crippen LogP contribution in [0.4, 0.5) is 20.7 Å². The van der Waals surface area contributed by atoms with Crippen LogP contribution >= 0.6 is 0 Å². The first kappa shape index (κ1) is 24.6. The molecule has 176 valence electrons. The van der Waals surface area contributed by atoms with Crippen LogP contribution in [0.1, 0.15) is 31.7 Å². The molecule has 2 N–H and O–H groups in total. The number of hydrogen-bond donors (Lipinski definition) is 2. The Morgan fingerprint density at radius 3 is 2.70 bits per heavy atom. The number of amides is 2. The van der Waals surface area contributed by atoms with Crippen molar-refractivity contribution in [2.24, 2.45) is 0 Å². The van der Waals surface area contributed by atoms with Gasteiger partial charge in [0.15, 0.2) is 0 Å². The van der Waals surface area contributed by atoms with Gasteiger partial charge in [0.05, 0.1) is 5.69 Å². The fraction of sp³-hybridized carbons (Fsp3) is 0.409. The van der Waals surface area contributed by atoms with E-state index < -0.39 is 22.1 Å². The van der Waals surface area contributed by atoms with Crippen molar-refractivity contribution in [3.8, 4) is 11.1 Å². The number of likely N-dealkylation sites (N-methyl/N-ethyl adjacent to an activating group) is 2. The van der Waals surface area contributed by atoms with Gasteiger partial charge in [0.1, 0.15) is 12.0 Å². The van der Waals surface area contributed by atoms with Crippen molar-refractivity contribution in [2.75, 3.05) is 32.5 Å². The Hall–Kier alpha value is -3.07. The van der Waals surface area contributed by atoms with Crippen molar-refractivity contribution in [1.82, 2.24) is 18.9 Å². The number of aromatic nitrogens is 1. The molecular formula is C22H27FN6O3S. The van der Waals surface area contributed by atoms with Gasteiger partial charge in [-0.15, -0.1) is 4.98 Å². The topological polar surface area (TPSA) is 99.0 Å². The van der Waals surface area contributed by atoms with E-state index in [1.165, 1.54) is 31.4 Å². The van der Waals surface area contributed by atoms with Crippen molar-refractivity contribution in [2.45, 2.75) is 32.2 Å². The highest BCUT2D eigenvalue weighted by atomic mass is 32.2. The predicted octanol–water partition coefficient (Wildman–Crippen LogP) is 3.56. The molecule has 11 heteroatoms. The Morgan fingerprint density at radius 2 is 2.09 bits per heavy atom. The standard InChI is InChI=1S/C22H27FN6O3S/c1-14(2)18-11-16(23)12-19(15-6-8-25-20(10-15)24-3)21(18)26-22(30)27-33(31,32)29(5)17-7-9-28(4)13-17/h6,8,10-12,14,17H,7,9,13H2,1-2,4-5H3,(H2,26,27,30). The first-order chi connectivity index (χ1) is 15.5. The molecule has 2 heterocycles. The van der Waals surface area contributed by atoms with Gasteiger partial charge in [0.2, 0.25) is 0 Å². The Morgan fingerprint density at radius 1 is 1.36 bits per heavy atom. The monoisotopic (exact) mass is 474 g/mol. The molecule has 1 aromatic carbocycles. The van der Waals surface area contributed by atoms with Crippen LogP contribution in [0.15, 0.2) is 30.5 Å². The van der Waals surface area contributed by atoms with Crippen molar-refractivity contribution >= 4 is 27.7 Å². The second kappa shape index (κ2) is 9.82. The summed E-state index contributed by atoms with van der Waals surface area (Å²) in [6.07, 6.45) is 2.09. The summed E-state index contributed by atoms with van der Waals surface area (Å²) in [7, 11) is -0.754. The molecule has 9 nitrogen and oxygen atoms in total. The van der Waals surface area contributed by atoms with E-state index in [9.17, 15) is 17.6 Å². The minimum absolute atomic E-state index is 0.115. The summed E-state index contributed by atoms with van der Waals surface area (Å²) in [5, 5.41) is 2.60. The summed E-state index contributed by atoms with van der Waals surface area (Å²) >= 11 is 0. The molecule has 0 aliphatic carbocycles. The van der Waals surface area contributed by atoms with Gasteiger partial charge in [0, 0.05) is 25.2 Å². The molecule has 2 aromatic rings. The second-order valence-corrected chi connectivity index (χ2v) is 10.1. The fourth-order valence-corrected chi connectivity index (χ4v) is 4.82. The number of hydrogen-bond acceptors (Lipinski definition) is 5. The quantitative estimate of drug-likeness (QED) is 0.624. The number of urea groups is 1. The predicted molar refractivity (Wildman–Crippen MR) is 125 cm³/mol. The number of nitrogens with one attached hydrogen (secondary N) is 2. The maximum absolute atomic E-state index is 14.4. The number of pyridine rings is 1. The number of anilines is 1. The normalized spacial score (nSPS) is 16.7. The van der Waals surface area contributed by atoms with E-state index in [1.54, 1.807) is 6.07 Å². The molecule has 1 unspecified atom stereocenters. The van der Waals surface area contributed by atoms with Gasteiger partial charge >= 0.3 is 16.2 Å². The average molecular weight is 475 g/mol. The molecule has 0 saturated carbocycles. The lowest BCUT2D eigenvalue weighted by Gasteiger charge is -2.24. The van der Waals surface area contributed by atoms with Gasteiger partial charge in [-0.3, -0.25) is 0 Å². The molecule has 2 amide bonds. The first-order valence-electron chi connectivity index (χ1n) is 10.4. The Balaban J connectivity index is 1.93. The van der Waals surface area contributed by atoms with Gasteiger partial charge in [0.25, 0.3) is 5.82 Å². The summed E-state index contributed by atoms with van der Waals surface area (Å²) in [5.74, 6) is -0.576. The van der Waals surface area contributed by atoms with E-state index >= 15 is 0 Å². The molecule has 1 aromatic heterocycles. The van der Waals surface area contributed by atoms with Gasteiger partial charge in [-0.05, 0) is 61.3 Å². The van der Waals surface area contributed by atoms with Crippen LogP contribution in [0.25, 0.3) is 16.0 Å². The second-order valence-electron chi connectivity index (χ2n) is 8.37. The van der Waals surface area contributed by atoms with Crippen LogP contribution in [0, 0.1) is 12.4 Å². The summed E-state index contributed by atoms with van der Waals surface area (Å²) in [5.41, 5.74) is 1.56. The number of halogens is 1. The number of nitrogens with zero attached hydrogens (tertiary/aromatic N) is 4. The van der Waals surface area contributed by atoms with Crippen LogP contribution in [0.2, 0.25) is 0 Å². The van der Waals surface area contributed by atoms with Crippen LogP contribution in [-0.4, -0.2) is 61.9 Å². The Kier molecular flexibility index (Phi) is 7.31. The highest BCUT2D eigenvalue weighted by molar-refractivity contribution is 7.87. The summed E-state index contributed by atoms with van der Waals surface area (Å²) in [4.78, 5) is 22.0. The lowest BCUT2D eigenvalue weighted by molar-refractivity contribution is 0.255. The molecule has 0 bridgehead atoms. The van der Waals surface area contributed by atoms with Gasteiger partial charge in [-0.2, -0.15) is 12.7 Å². The minimum atomic E-state index is -4.10. The molecule has 0 radical (unpaired) electrons. The summed E-state index contributed by atoms with van der Waals surface area (Å²) in [6, 6.07) is 4.42. The zero-order valence-corrected chi connectivity index (χ0v) is 19.8. The SMILES string of the molecule is [C-]#[N+]c1cc(-c2cc(F)cc(C(C)C)c2NC(=O)NS(=O)(=O)N(C)C2CCN(C)C2)ccn1. The van der Waals surface area contributed by atoms with Gasteiger partial charge in [-0.1, -0.05) is 20.4 Å². The summed E-state index contributed by atoms with van der Waals surface area (Å²) < 4.78 is 43.2. The molecular weight excluding hydrogens is 447 g/mol. The molecule has 3 rings (SSSR count). The van der Waals surface area contributed by atoms with E-state index in [0.29, 0.717) is 29.7 Å². The highest BCUT2D eigenvalue weighted by Crippen LogP contribution is 2.36. The molecule has 0 spiro atoms. The van der Waals surface area contributed by atoms with Crippen molar-refractivity contribution in [3.63, 3.8) is 0 Å². The molecule has 33 heavy (non-hydrogen) atoms. The van der Waals surface area contributed by atoms with Crippen molar-refractivity contribution in [1.29, 1.82) is 0 Å². The molecule has 1 fully saturated rings. The number of rotatable bonds is 6. The van der Waals surface area contributed by atoms with Gasteiger partial charge < -0.3 is 15.1 Å². The Labute approximate surface area is 193 Å². The average Bonchev–Trinajstić information content (AvgIpc) is 3.19. The third-order valence-corrected chi connectivity index (χ3v) is 7.15. The van der Waals surface area contributed by atoms with Crippen LogP contribution in [0.5, 0.6) is 0 Å². The largest absolute Gasteiger partial charge is 0.361 e. The minimum Gasteiger partial charge on any atom is -0.361 e. The number of likely N-dealkylation sites (tertiary alicyclic amines) is 1. The van der Waals surface area contributed by atoms with Gasteiger partial charge in [-0.25, -0.2) is 13.9 Å². The van der Waals surface area contributed by atoms with Crippen LogP contribution in [0.3, 0.4) is 0 Å². The molecule has 1 aliphatic rings. The summed E-state index contributed by atoms with van der Waals surface area (Å²) in [6.45, 7) is 12.2. The van der Waals surface area contributed by atoms with E-state index in [0.717, 1.165) is 10.8 Å². The maximum atomic E-state index is 14.4. The zero-order valence-electron chi connectivity index (χ0n) is 19.0. The van der Waals surface area contributed by atoms with E-state index in [-0.39, 0.29) is 23.5 Å². The zero-order chi connectivity index (χ0) is 24.3. The van der Waals surface area contributed by atoms with E-state index in [4.69, 9.17) is 6.57 Å². The van der Waals surface area contributed by atoms with Crippen molar-refractivity contribution in [3.05, 3.63) is 53.3 Å². The van der Waals surface area contributed by atoms with Crippen molar-refractivity contribution < 1.29 is 17.6 Å².